The summed E-state index contributed by atoms with van der Waals surface area (Å²) in [6.45, 7) is 0. The van der Waals surface area contributed by atoms with Gasteiger partial charge in [0.05, 0.1) is 24.1 Å². The number of carbonyl (C=O) groups is 2. The van der Waals surface area contributed by atoms with E-state index in [1.807, 2.05) is 0 Å². The molecule has 0 fully saturated rings. The summed E-state index contributed by atoms with van der Waals surface area (Å²) in [5.74, 6) is -0.922. The Balaban J connectivity index is 2.04. The Kier molecular flexibility index (Phi) is 3.47. The van der Waals surface area contributed by atoms with Crippen LogP contribution in [-0.4, -0.2) is 18.7 Å². The molecule has 0 saturated heterocycles. The number of para-hydroxylation sites is 1. The minimum atomic E-state index is -0.505. The molecular formula is C17H12FNO3. The zero-order chi connectivity index (χ0) is 15.7. The third-order valence-electron chi connectivity index (χ3n) is 3.40. The molecule has 0 amide bonds. The number of ether oxygens (including phenoxy) is 1. The first-order valence-corrected chi connectivity index (χ1v) is 6.61. The normalized spacial score (nSPS) is 13.5. The highest BCUT2D eigenvalue weighted by Gasteiger charge is 2.29. The van der Waals surface area contributed by atoms with Gasteiger partial charge in [0, 0.05) is 11.6 Å². The molecule has 1 aliphatic rings. The van der Waals surface area contributed by atoms with Gasteiger partial charge in [-0.15, -0.1) is 0 Å². The van der Waals surface area contributed by atoms with Gasteiger partial charge in [-0.05, 0) is 18.2 Å². The summed E-state index contributed by atoms with van der Waals surface area (Å²) in [5, 5.41) is 2.68. The van der Waals surface area contributed by atoms with Crippen LogP contribution in [-0.2, 0) is 0 Å². The first-order valence-electron chi connectivity index (χ1n) is 6.61. The number of Topliss-reactive ketones (excluding diaryl/α,β-unsaturated/α-hetero) is 1. The standard InChI is InChI=1S/C17H12FNO3/c1-22-15-8-4-5-10-14(20)9-13(17(21)16(10)15)19-12-7-3-2-6-11(12)18/h2-9,19H,1H3. The van der Waals surface area contributed by atoms with E-state index in [2.05, 4.69) is 5.32 Å². The molecule has 0 heterocycles. The summed E-state index contributed by atoms with van der Waals surface area (Å²) in [6, 6.07) is 10.8. The number of nitrogens with one attached hydrogen (secondary N) is 1. The molecule has 0 aliphatic heterocycles. The van der Waals surface area contributed by atoms with Crippen molar-refractivity contribution in [3.8, 4) is 5.75 Å². The lowest BCUT2D eigenvalue weighted by Gasteiger charge is -2.18. The molecule has 0 spiro atoms. The third-order valence-corrected chi connectivity index (χ3v) is 3.40. The van der Waals surface area contributed by atoms with Crippen molar-refractivity contribution >= 4 is 17.3 Å². The van der Waals surface area contributed by atoms with Crippen molar-refractivity contribution < 1.29 is 18.7 Å². The van der Waals surface area contributed by atoms with Gasteiger partial charge < -0.3 is 10.1 Å². The first kappa shape index (κ1) is 14.0. The van der Waals surface area contributed by atoms with E-state index in [1.54, 1.807) is 30.3 Å². The Morgan fingerprint density at radius 1 is 1.05 bits per heavy atom. The van der Waals surface area contributed by atoms with Crippen LogP contribution >= 0.6 is 0 Å². The zero-order valence-electron chi connectivity index (χ0n) is 11.7. The monoisotopic (exact) mass is 297 g/mol. The molecule has 2 aromatic rings. The maximum atomic E-state index is 13.7. The Hall–Kier alpha value is -2.95. The highest BCUT2D eigenvalue weighted by Crippen LogP contribution is 2.30. The van der Waals surface area contributed by atoms with Crippen LogP contribution in [0.1, 0.15) is 20.7 Å². The molecule has 22 heavy (non-hydrogen) atoms. The second kappa shape index (κ2) is 5.44. The topological polar surface area (TPSA) is 55.4 Å². The summed E-state index contributed by atoms with van der Waals surface area (Å²) in [7, 11) is 1.43. The number of methoxy groups -OCH3 is 1. The number of hydrogen-bond acceptors (Lipinski definition) is 4. The minimum absolute atomic E-state index is 0.0205. The van der Waals surface area contributed by atoms with Crippen molar-refractivity contribution in [3.05, 3.63) is 71.2 Å². The van der Waals surface area contributed by atoms with E-state index >= 15 is 0 Å². The van der Waals surface area contributed by atoms with Crippen LogP contribution < -0.4 is 10.1 Å². The van der Waals surface area contributed by atoms with Gasteiger partial charge in [-0.1, -0.05) is 24.3 Å². The fraction of sp³-hybridized carbons (Fsp3) is 0.0588. The fourth-order valence-corrected chi connectivity index (χ4v) is 2.35. The summed E-state index contributed by atoms with van der Waals surface area (Å²) in [6.07, 6.45) is 1.18. The van der Waals surface area contributed by atoms with Crippen LogP contribution in [0.4, 0.5) is 10.1 Å². The van der Waals surface area contributed by atoms with E-state index in [-0.39, 0.29) is 28.3 Å². The van der Waals surface area contributed by atoms with Gasteiger partial charge >= 0.3 is 0 Å². The predicted molar refractivity (Wildman–Crippen MR) is 79.8 cm³/mol. The lowest BCUT2D eigenvalue weighted by Crippen LogP contribution is -2.22. The third kappa shape index (κ3) is 2.26. The molecule has 2 aromatic carbocycles. The summed E-state index contributed by atoms with van der Waals surface area (Å²) in [4.78, 5) is 24.7. The molecule has 3 rings (SSSR count). The maximum Gasteiger partial charge on any atom is 0.213 e. The summed E-state index contributed by atoms with van der Waals surface area (Å²) < 4.78 is 18.9. The molecule has 0 saturated carbocycles. The molecule has 0 radical (unpaired) electrons. The Labute approximate surface area is 126 Å². The van der Waals surface area contributed by atoms with Crippen LogP contribution in [0.2, 0.25) is 0 Å². The Bertz CT molecular complexity index is 811. The molecule has 1 aliphatic carbocycles. The number of allylic oxidation sites excluding steroid dienone is 2. The number of fused-ring (bicyclic) bond motifs is 1. The van der Waals surface area contributed by atoms with Gasteiger partial charge in [0.2, 0.25) is 5.78 Å². The smallest absolute Gasteiger partial charge is 0.213 e. The van der Waals surface area contributed by atoms with Crippen LogP contribution in [0.25, 0.3) is 0 Å². The van der Waals surface area contributed by atoms with Crippen molar-refractivity contribution in [2.75, 3.05) is 12.4 Å². The lowest BCUT2D eigenvalue weighted by molar-refractivity contribution is 0.0982. The van der Waals surface area contributed by atoms with Crippen LogP contribution in [0.5, 0.6) is 5.75 Å². The van der Waals surface area contributed by atoms with Crippen LogP contribution in [0, 0.1) is 5.82 Å². The van der Waals surface area contributed by atoms with Crippen molar-refractivity contribution in [1.29, 1.82) is 0 Å². The molecular weight excluding hydrogens is 285 g/mol. The van der Waals surface area contributed by atoms with E-state index in [9.17, 15) is 14.0 Å². The van der Waals surface area contributed by atoms with E-state index in [1.165, 1.54) is 25.3 Å². The molecule has 5 heteroatoms. The van der Waals surface area contributed by atoms with Crippen molar-refractivity contribution in [3.63, 3.8) is 0 Å². The van der Waals surface area contributed by atoms with Crippen molar-refractivity contribution in [1.82, 2.24) is 0 Å². The number of halogens is 1. The molecule has 1 N–H and O–H groups in total. The number of hydrogen-bond donors (Lipinski definition) is 1. The first-order chi connectivity index (χ1) is 10.6. The highest BCUT2D eigenvalue weighted by atomic mass is 19.1. The Morgan fingerprint density at radius 3 is 2.55 bits per heavy atom. The summed E-state index contributed by atoms with van der Waals surface area (Å²) in [5.41, 5.74) is 0.625. The highest BCUT2D eigenvalue weighted by molar-refractivity contribution is 6.26. The van der Waals surface area contributed by atoms with Crippen molar-refractivity contribution in [2.45, 2.75) is 0 Å². The van der Waals surface area contributed by atoms with Gasteiger partial charge in [0.1, 0.15) is 11.6 Å². The van der Waals surface area contributed by atoms with Gasteiger partial charge in [-0.25, -0.2) is 4.39 Å². The van der Waals surface area contributed by atoms with Gasteiger partial charge in [0.15, 0.2) is 5.78 Å². The molecule has 0 unspecified atom stereocenters. The van der Waals surface area contributed by atoms with Gasteiger partial charge in [-0.3, -0.25) is 9.59 Å². The maximum absolute atomic E-state index is 13.7. The average molecular weight is 297 g/mol. The van der Waals surface area contributed by atoms with E-state index < -0.39 is 11.6 Å². The quantitative estimate of drug-likeness (QED) is 0.945. The molecule has 110 valence electrons. The molecule has 0 atom stereocenters. The lowest BCUT2D eigenvalue weighted by atomic mass is 9.91. The van der Waals surface area contributed by atoms with Gasteiger partial charge in [-0.2, -0.15) is 0 Å². The second-order valence-corrected chi connectivity index (χ2v) is 4.74. The largest absolute Gasteiger partial charge is 0.496 e. The number of rotatable bonds is 3. The predicted octanol–water partition coefficient (Wildman–Crippen LogP) is 3.21. The van der Waals surface area contributed by atoms with E-state index in [4.69, 9.17) is 4.74 Å². The van der Waals surface area contributed by atoms with Crippen molar-refractivity contribution in [2.24, 2.45) is 0 Å². The minimum Gasteiger partial charge on any atom is -0.496 e. The number of carbonyl (C=O) groups excluding carboxylic acids is 2. The number of ketones is 2. The van der Waals surface area contributed by atoms with E-state index in [0.717, 1.165) is 0 Å². The molecule has 0 bridgehead atoms. The Morgan fingerprint density at radius 2 is 1.82 bits per heavy atom. The van der Waals surface area contributed by atoms with Crippen LogP contribution in [0.15, 0.2) is 54.2 Å². The van der Waals surface area contributed by atoms with Crippen LogP contribution in [0.3, 0.4) is 0 Å². The average Bonchev–Trinajstić information content (AvgIpc) is 2.53. The SMILES string of the molecule is COc1cccc2c1C(=O)C(Nc1ccccc1F)=CC2=O. The molecule has 4 nitrogen and oxygen atoms in total. The molecule has 0 aromatic heterocycles. The fourth-order valence-electron chi connectivity index (χ4n) is 2.35. The van der Waals surface area contributed by atoms with Gasteiger partial charge in [0.25, 0.3) is 0 Å². The zero-order valence-corrected chi connectivity index (χ0v) is 11.7. The summed E-state index contributed by atoms with van der Waals surface area (Å²) >= 11 is 0. The van der Waals surface area contributed by atoms with E-state index in [0.29, 0.717) is 5.75 Å². The number of anilines is 1. The second-order valence-electron chi connectivity index (χ2n) is 4.74. The number of benzene rings is 2.